The first-order valence-corrected chi connectivity index (χ1v) is 9.50. The summed E-state index contributed by atoms with van der Waals surface area (Å²) in [6.45, 7) is 0.461. The minimum atomic E-state index is -3.15. The summed E-state index contributed by atoms with van der Waals surface area (Å²) in [5.41, 5.74) is 14.7. The van der Waals surface area contributed by atoms with E-state index in [0.29, 0.717) is 24.2 Å². The average Bonchev–Trinajstić information content (AvgIpc) is 2.51. The van der Waals surface area contributed by atoms with Crippen molar-refractivity contribution in [1.82, 2.24) is 0 Å². The molecule has 4 N–H and O–H groups in total. The third-order valence-corrected chi connectivity index (χ3v) is 4.68. The van der Waals surface area contributed by atoms with Crippen LogP contribution in [0.2, 0.25) is 0 Å². The summed E-state index contributed by atoms with van der Waals surface area (Å²) in [5, 5.41) is 0. The van der Waals surface area contributed by atoms with E-state index < -0.39 is 9.05 Å². The summed E-state index contributed by atoms with van der Waals surface area (Å²) >= 11 is 4.86. The molecule has 0 aliphatic rings. The van der Waals surface area contributed by atoms with Crippen LogP contribution in [0, 0.1) is 0 Å². The quantitative estimate of drug-likeness (QED) is 0.709. The predicted octanol–water partition coefficient (Wildman–Crippen LogP) is 2.25. The van der Waals surface area contributed by atoms with Crippen molar-refractivity contribution >= 4 is 31.6 Å². The molecule has 2 aromatic rings. The van der Waals surface area contributed by atoms with E-state index in [1.165, 1.54) is 0 Å². The lowest BCUT2D eigenvalue weighted by Crippen LogP contribution is -2.13. The molecule has 124 valence electrons. The highest BCUT2D eigenvalue weighted by Crippen LogP contribution is 2.09. The lowest BCUT2D eigenvalue weighted by atomic mass is 10.1. The number of rotatable bonds is 8. The summed E-state index contributed by atoms with van der Waals surface area (Å²) in [6.07, 6.45) is 1.18. The van der Waals surface area contributed by atoms with E-state index in [4.69, 9.17) is 31.0 Å². The van der Waals surface area contributed by atoms with E-state index in [1.54, 1.807) is 0 Å². The van der Waals surface area contributed by atoms with Crippen molar-refractivity contribution in [2.24, 2.45) is 0 Å². The van der Waals surface area contributed by atoms with Gasteiger partial charge in [0.25, 0.3) is 9.05 Å². The second-order valence-electron chi connectivity index (χ2n) is 5.04. The number of hydrogen-bond donors (Lipinski definition) is 2. The fraction of sp³-hybridized carbons (Fsp3) is 0.250. The number of anilines is 2. The number of hydrogen-bond acceptors (Lipinski definition) is 6. The Morgan fingerprint density at radius 1 is 0.783 bits per heavy atom. The van der Waals surface area contributed by atoms with Gasteiger partial charge >= 0.3 is 0 Å². The second-order valence-corrected chi connectivity index (χ2v) is 7.55. The van der Waals surface area contributed by atoms with Crippen LogP contribution in [0.4, 0.5) is 11.4 Å². The molecule has 0 aliphatic heterocycles. The van der Waals surface area contributed by atoms with Crippen molar-refractivity contribution < 1.29 is 12.6 Å². The molecular weight excluding hydrogens is 332 g/mol. The Hall–Kier alpha value is -1.67. The van der Waals surface area contributed by atoms with E-state index in [0.717, 1.165) is 11.1 Å². The number of benzene rings is 2. The van der Waals surface area contributed by atoms with Gasteiger partial charge in [-0.3, -0.25) is 8.37 Å². The standard InChI is InChI=1S/C16H20N2O3S2/c17-15-5-1-13(2-6-15)9-11-20-23(19,22)21-12-10-14-3-7-16(18)8-4-14/h1-8H,9-12,17-18H2. The molecule has 0 amide bonds. The molecule has 0 atom stereocenters. The Morgan fingerprint density at radius 2 is 1.13 bits per heavy atom. The number of nitrogens with two attached hydrogens (primary N) is 2. The second kappa shape index (κ2) is 8.26. The summed E-state index contributed by atoms with van der Waals surface area (Å²) < 4.78 is 22.4. The van der Waals surface area contributed by atoms with Gasteiger partial charge in [-0.05, 0) is 48.2 Å². The molecule has 5 nitrogen and oxygen atoms in total. The molecule has 0 radical (unpaired) electrons. The maximum atomic E-state index is 12.0. The summed E-state index contributed by atoms with van der Waals surface area (Å²) in [7, 11) is -3.15. The molecule has 2 rings (SSSR count). The van der Waals surface area contributed by atoms with Crippen molar-refractivity contribution in [2.75, 3.05) is 24.7 Å². The largest absolute Gasteiger partial charge is 0.399 e. The fourth-order valence-corrected chi connectivity index (χ4v) is 2.98. The highest BCUT2D eigenvalue weighted by Gasteiger charge is 2.07. The van der Waals surface area contributed by atoms with Crippen molar-refractivity contribution in [2.45, 2.75) is 12.8 Å². The summed E-state index contributed by atoms with van der Waals surface area (Å²) in [6, 6.07) is 14.8. The molecule has 0 fully saturated rings. The highest BCUT2D eigenvalue weighted by molar-refractivity contribution is 8.27. The zero-order valence-corrected chi connectivity index (χ0v) is 14.3. The van der Waals surface area contributed by atoms with Crippen LogP contribution in [0.3, 0.4) is 0 Å². The molecule has 7 heteroatoms. The third kappa shape index (κ3) is 6.54. The smallest absolute Gasteiger partial charge is 0.269 e. The molecule has 0 spiro atoms. The van der Waals surface area contributed by atoms with Gasteiger partial charge in [-0.2, -0.15) is 4.21 Å². The van der Waals surface area contributed by atoms with Crippen LogP contribution in [0.15, 0.2) is 48.5 Å². The zero-order chi connectivity index (χ0) is 16.7. The molecule has 0 saturated heterocycles. The lowest BCUT2D eigenvalue weighted by Gasteiger charge is -2.09. The fourth-order valence-electron chi connectivity index (χ4n) is 1.93. The Kier molecular flexibility index (Phi) is 6.35. The maximum Gasteiger partial charge on any atom is 0.269 e. The normalized spacial score (nSPS) is 11.5. The average molecular weight is 352 g/mol. The van der Waals surface area contributed by atoms with Gasteiger partial charge in [0.05, 0.1) is 13.2 Å². The van der Waals surface area contributed by atoms with Crippen LogP contribution in [0.25, 0.3) is 0 Å². The van der Waals surface area contributed by atoms with Crippen molar-refractivity contribution in [3.05, 3.63) is 59.7 Å². The van der Waals surface area contributed by atoms with Crippen molar-refractivity contribution in [3.8, 4) is 0 Å². The van der Waals surface area contributed by atoms with Crippen LogP contribution in [0.1, 0.15) is 11.1 Å². The first kappa shape index (κ1) is 17.7. The predicted molar refractivity (Wildman–Crippen MR) is 96.5 cm³/mol. The van der Waals surface area contributed by atoms with E-state index in [-0.39, 0.29) is 13.2 Å². The van der Waals surface area contributed by atoms with Gasteiger partial charge in [0.15, 0.2) is 0 Å². The topological polar surface area (TPSA) is 87.6 Å². The summed E-state index contributed by atoms with van der Waals surface area (Å²) in [4.78, 5) is 0. The van der Waals surface area contributed by atoms with E-state index >= 15 is 0 Å². The Morgan fingerprint density at radius 3 is 1.48 bits per heavy atom. The van der Waals surface area contributed by atoms with Gasteiger partial charge in [-0.15, -0.1) is 0 Å². The molecule has 2 aromatic carbocycles. The minimum Gasteiger partial charge on any atom is -0.399 e. The molecule has 0 saturated carbocycles. The molecule has 0 aromatic heterocycles. The van der Waals surface area contributed by atoms with Gasteiger partial charge in [0, 0.05) is 22.6 Å². The van der Waals surface area contributed by atoms with Crippen LogP contribution in [0.5, 0.6) is 0 Å². The van der Waals surface area contributed by atoms with Gasteiger partial charge in [0.1, 0.15) is 0 Å². The number of nitrogen functional groups attached to an aromatic ring is 2. The van der Waals surface area contributed by atoms with Gasteiger partial charge in [0.2, 0.25) is 0 Å². The molecule has 0 heterocycles. The Bertz CT molecular complexity index is 656. The lowest BCUT2D eigenvalue weighted by molar-refractivity contribution is 0.251. The summed E-state index contributed by atoms with van der Waals surface area (Å²) in [5.74, 6) is 0. The maximum absolute atomic E-state index is 12.0. The Balaban J connectivity index is 1.71. The minimum absolute atomic E-state index is 0.230. The van der Waals surface area contributed by atoms with Crippen LogP contribution < -0.4 is 11.5 Å². The first-order chi connectivity index (χ1) is 10.9. The molecule has 0 bridgehead atoms. The molecular formula is C16H20N2O3S2. The van der Waals surface area contributed by atoms with Crippen molar-refractivity contribution in [1.29, 1.82) is 0 Å². The van der Waals surface area contributed by atoms with E-state index in [2.05, 4.69) is 0 Å². The van der Waals surface area contributed by atoms with Crippen LogP contribution in [-0.2, 0) is 41.4 Å². The Labute approximate surface area is 141 Å². The first-order valence-electron chi connectivity index (χ1n) is 7.17. The van der Waals surface area contributed by atoms with Crippen LogP contribution >= 0.6 is 0 Å². The molecule has 23 heavy (non-hydrogen) atoms. The highest BCUT2D eigenvalue weighted by atomic mass is 32.9. The zero-order valence-electron chi connectivity index (χ0n) is 12.6. The van der Waals surface area contributed by atoms with Gasteiger partial charge in [-0.25, -0.2) is 0 Å². The monoisotopic (exact) mass is 352 g/mol. The molecule has 0 aliphatic carbocycles. The van der Waals surface area contributed by atoms with Gasteiger partial charge < -0.3 is 11.5 Å². The third-order valence-electron chi connectivity index (χ3n) is 3.20. The van der Waals surface area contributed by atoms with Crippen LogP contribution in [-0.4, -0.2) is 17.4 Å². The molecule has 0 unspecified atom stereocenters. The van der Waals surface area contributed by atoms with E-state index in [9.17, 15) is 4.21 Å². The van der Waals surface area contributed by atoms with E-state index in [1.807, 2.05) is 48.5 Å². The SMILES string of the molecule is Nc1ccc(CCOS(=O)(=S)OCCc2ccc(N)cc2)cc1. The van der Waals surface area contributed by atoms with Gasteiger partial charge in [-0.1, -0.05) is 24.3 Å². The van der Waals surface area contributed by atoms with Crippen molar-refractivity contribution in [3.63, 3.8) is 0 Å².